The van der Waals surface area contributed by atoms with Gasteiger partial charge in [-0.15, -0.1) is 0 Å². The van der Waals surface area contributed by atoms with Crippen LogP contribution in [-0.4, -0.2) is 51.6 Å². The third-order valence-electron chi connectivity index (χ3n) is 6.49. The Kier molecular flexibility index (Phi) is 6.41. The Morgan fingerprint density at radius 3 is 2.31 bits per heavy atom. The molecule has 4 aromatic rings. The normalized spacial score (nSPS) is 13.8. The van der Waals surface area contributed by atoms with Gasteiger partial charge in [-0.3, -0.25) is 9.36 Å². The lowest BCUT2D eigenvalue weighted by Gasteiger charge is -2.35. The molecule has 0 unspecified atom stereocenters. The molecule has 8 nitrogen and oxygen atoms in total. The summed E-state index contributed by atoms with van der Waals surface area (Å²) in [6.45, 7) is 8.54. The second-order valence-electron chi connectivity index (χ2n) is 9.44. The van der Waals surface area contributed by atoms with E-state index in [0.29, 0.717) is 49.7 Å². The molecule has 1 N–H and O–H groups in total. The first-order chi connectivity index (χ1) is 17.4. The maximum absolute atomic E-state index is 13.6. The van der Waals surface area contributed by atoms with Crippen LogP contribution >= 0.6 is 0 Å². The minimum atomic E-state index is -0.171. The minimum absolute atomic E-state index is 0.132. The van der Waals surface area contributed by atoms with Gasteiger partial charge < -0.3 is 15.1 Å². The minimum Gasteiger partial charge on any atom is -0.348 e. The Bertz CT molecular complexity index is 1450. The fourth-order valence-corrected chi connectivity index (χ4v) is 4.66. The van der Waals surface area contributed by atoms with Crippen LogP contribution in [0.5, 0.6) is 0 Å². The largest absolute Gasteiger partial charge is 0.348 e. The molecule has 0 aliphatic carbocycles. The average molecular weight is 483 g/mol. The molecule has 8 heteroatoms. The summed E-state index contributed by atoms with van der Waals surface area (Å²) in [5.41, 5.74) is 6.27. The molecular formula is C28H30N6O2. The van der Waals surface area contributed by atoms with Crippen LogP contribution in [0.1, 0.15) is 22.3 Å². The van der Waals surface area contributed by atoms with E-state index >= 15 is 0 Å². The predicted molar refractivity (Wildman–Crippen MR) is 143 cm³/mol. The lowest BCUT2D eigenvalue weighted by molar-refractivity contribution is 0.208. The molecule has 5 rings (SSSR count). The molecule has 0 bridgehead atoms. The third-order valence-corrected chi connectivity index (χ3v) is 6.49. The molecule has 1 aliphatic heterocycles. The summed E-state index contributed by atoms with van der Waals surface area (Å²) in [6, 6.07) is 17.7. The van der Waals surface area contributed by atoms with Crippen LogP contribution in [0.15, 0.2) is 65.6 Å². The number of urea groups is 1. The Morgan fingerprint density at radius 1 is 0.917 bits per heavy atom. The molecule has 184 valence electrons. The lowest BCUT2D eigenvalue weighted by Crippen LogP contribution is -2.51. The quantitative estimate of drug-likeness (QED) is 0.473. The first-order valence-corrected chi connectivity index (χ1v) is 12.2. The monoisotopic (exact) mass is 482 g/mol. The van der Waals surface area contributed by atoms with Crippen LogP contribution in [0.3, 0.4) is 0 Å². The van der Waals surface area contributed by atoms with Gasteiger partial charge in [-0.2, -0.15) is 0 Å². The fraction of sp³-hybridized carbons (Fsp3) is 0.286. The van der Waals surface area contributed by atoms with Crippen molar-refractivity contribution in [2.45, 2.75) is 27.3 Å². The van der Waals surface area contributed by atoms with E-state index in [0.717, 1.165) is 22.4 Å². The number of aromatic nitrogens is 3. The zero-order valence-electron chi connectivity index (χ0n) is 20.9. The molecule has 2 aromatic heterocycles. The van der Waals surface area contributed by atoms with Gasteiger partial charge in [0, 0.05) is 38.1 Å². The molecule has 1 aliphatic rings. The molecule has 2 amide bonds. The van der Waals surface area contributed by atoms with Gasteiger partial charge in [-0.1, -0.05) is 35.9 Å². The van der Waals surface area contributed by atoms with Crippen LogP contribution in [0.2, 0.25) is 0 Å². The van der Waals surface area contributed by atoms with Crippen molar-refractivity contribution in [1.29, 1.82) is 0 Å². The van der Waals surface area contributed by atoms with Crippen molar-refractivity contribution in [3.05, 3.63) is 93.4 Å². The molecule has 2 aromatic carbocycles. The summed E-state index contributed by atoms with van der Waals surface area (Å²) in [5.74, 6) is 0.400. The van der Waals surface area contributed by atoms with E-state index < -0.39 is 0 Å². The Morgan fingerprint density at radius 2 is 1.61 bits per heavy atom. The van der Waals surface area contributed by atoms with E-state index in [4.69, 9.17) is 0 Å². The molecule has 0 radical (unpaired) electrons. The SMILES string of the molecule is Cc1ccc(Cn2c(=O)c(N3CCN(C(=O)Nc4cc(C)cc(C)c4)CC3)nc3cccnc32)cc1. The highest BCUT2D eigenvalue weighted by Crippen LogP contribution is 2.18. The van der Waals surface area contributed by atoms with Crippen molar-refractivity contribution in [2.75, 3.05) is 36.4 Å². The van der Waals surface area contributed by atoms with Crippen molar-refractivity contribution < 1.29 is 4.79 Å². The first-order valence-electron chi connectivity index (χ1n) is 12.2. The van der Waals surface area contributed by atoms with E-state index in [9.17, 15) is 9.59 Å². The van der Waals surface area contributed by atoms with E-state index in [2.05, 4.69) is 21.4 Å². The van der Waals surface area contributed by atoms with E-state index in [1.165, 1.54) is 5.56 Å². The van der Waals surface area contributed by atoms with Gasteiger partial charge in [-0.25, -0.2) is 14.8 Å². The maximum Gasteiger partial charge on any atom is 0.321 e. The van der Waals surface area contributed by atoms with Gasteiger partial charge in [0.25, 0.3) is 5.56 Å². The van der Waals surface area contributed by atoms with Crippen molar-refractivity contribution in [2.24, 2.45) is 0 Å². The van der Waals surface area contributed by atoms with Crippen molar-refractivity contribution >= 4 is 28.7 Å². The number of hydrogen-bond donors (Lipinski definition) is 1. The van der Waals surface area contributed by atoms with E-state index in [-0.39, 0.29) is 11.6 Å². The number of amides is 2. The molecule has 1 saturated heterocycles. The summed E-state index contributed by atoms with van der Waals surface area (Å²) in [4.78, 5) is 39.3. The summed E-state index contributed by atoms with van der Waals surface area (Å²) in [6.07, 6.45) is 1.68. The van der Waals surface area contributed by atoms with Gasteiger partial charge in [0.15, 0.2) is 11.5 Å². The van der Waals surface area contributed by atoms with Crippen LogP contribution in [0.4, 0.5) is 16.3 Å². The zero-order valence-corrected chi connectivity index (χ0v) is 20.9. The number of fused-ring (bicyclic) bond motifs is 1. The van der Waals surface area contributed by atoms with Gasteiger partial charge >= 0.3 is 6.03 Å². The number of carbonyl (C=O) groups is 1. The van der Waals surface area contributed by atoms with Gasteiger partial charge in [0.2, 0.25) is 0 Å². The summed E-state index contributed by atoms with van der Waals surface area (Å²) < 4.78 is 1.70. The average Bonchev–Trinajstić information content (AvgIpc) is 2.86. The summed E-state index contributed by atoms with van der Waals surface area (Å²) in [5, 5.41) is 3.00. The Balaban J connectivity index is 1.36. The summed E-state index contributed by atoms with van der Waals surface area (Å²) in [7, 11) is 0. The predicted octanol–water partition coefficient (Wildman–Crippen LogP) is 4.12. The standard InChI is InChI=1S/C28H30N6O2/c1-19-6-8-22(9-7-19)18-34-25-24(5-4-10-29-25)31-26(27(34)35)32-11-13-33(14-12-32)28(36)30-23-16-20(2)15-21(3)17-23/h4-10,15-17H,11-14,18H2,1-3H3,(H,30,36). The number of aryl methyl sites for hydroxylation is 3. The lowest BCUT2D eigenvalue weighted by atomic mass is 10.1. The highest BCUT2D eigenvalue weighted by Gasteiger charge is 2.25. The number of pyridine rings is 1. The number of carbonyl (C=O) groups excluding carboxylic acids is 1. The summed E-state index contributed by atoms with van der Waals surface area (Å²) >= 11 is 0. The second kappa shape index (κ2) is 9.81. The maximum atomic E-state index is 13.6. The molecule has 3 heterocycles. The highest BCUT2D eigenvalue weighted by molar-refractivity contribution is 5.89. The van der Waals surface area contributed by atoms with Crippen molar-refractivity contribution in [3.63, 3.8) is 0 Å². The number of nitrogens with one attached hydrogen (secondary N) is 1. The van der Waals surface area contributed by atoms with Crippen molar-refractivity contribution in [3.8, 4) is 0 Å². The van der Waals surface area contributed by atoms with Crippen LogP contribution < -0.4 is 15.8 Å². The van der Waals surface area contributed by atoms with Crippen molar-refractivity contribution in [1.82, 2.24) is 19.4 Å². The van der Waals surface area contributed by atoms with Gasteiger partial charge in [-0.05, 0) is 61.7 Å². The Labute approximate surface area is 210 Å². The first kappa shape index (κ1) is 23.5. The Hall–Kier alpha value is -4.20. The smallest absolute Gasteiger partial charge is 0.321 e. The number of benzene rings is 2. The zero-order chi connectivity index (χ0) is 25.2. The fourth-order valence-electron chi connectivity index (χ4n) is 4.66. The molecule has 0 saturated carbocycles. The van der Waals surface area contributed by atoms with Crippen LogP contribution in [-0.2, 0) is 6.54 Å². The number of rotatable bonds is 4. The molecule has 36 heavy (non-hydrogen) atoms. The van der Waals surface area contributed by atoms with E-state index in [1.54, 1.807) is 15.7 Å². The van der Waals surface area contributed by atoms with Gasteiger partial charge in [0.05, 0.1) is 6.54 Å². The second-order valence-corrected chi connectivity index (χ2v) is 9.44. The molecular weight excluding hydrogens is 452 g/mol. The number of hydrogen-bond acceptors (Lipinski definition) is 5. The molecule has 1 fully saturated rings. The van der Waals surface area contributed by atoms with E-state index in [1.807, 2.05) is 74.2 Å². The molecule has 0 atom stereocenters. The number of nitrogens with zero attached hydrogens (tertiary/aromatic N) is 5. The number of piperazine rings is 1. The third kappa shape index (κ3) is 4.93. The van der Waals surface area contributed by atoms with Gasteiger partial charge in [0.1, 0.15) is 5.52 Å². The topological polar surface area (TPSA) is 83.4 Å². The highest BCUT2D eigenvalue weighted by atomic mass is 16.2. The number of anilines is 2. The molecule has 0 spiro atoms. The van der Waals surface area contributed by atoms with Crippen LogP contribution in [0.25, 0.3) is 11.2 Å². The van der Waals surface area contributed by atoms with Crippen LogP contribution in [0, 0.1) is 20.8 Å².